The summed E-state index contributed by atoms with van der Waals surface area (Å²) in [6.07, 6.45) is 3.63. The molecule has 1 aromatic carbocycles. The van der Waals surface area contributed by atoms with Crippen molar-refractivity contribution in [2.75, 3.05) is 6.54 Å². The highest BCUT2D eigenvalue weighted by molar-refractivity contribution is 5.79. The van der Waals surface area contributed by atoms with Gasteiger partial charge in [0, 0.05) is 6.21 Å². The van der Waals surface area contributed by atoms with Crippen LogP contribution in [0.2, 0.25) is 0 Å². The van der Waals surface area contributed by atoms with E-state index >= 15 is 0 Å². The molecule has 1 nitrogen and oxygen atoms in total. The van der Waals surface area contributed by atoms with Crippen LogP contribution in [0.25, 0.3) is 0 Å². The van der Waals surface area contributed by atoms with E-state index in [-0.39, 0.29) is 0 Å². The summed E-state index contributed by atoms with van der Waals surface area (Å²) in [6, 6.07) is 10.0. The molecule has 56 valence electrons. The molecule has 0 aliphatic rings. The molecule has 0 bridgehead atoms. The normalized spacial score (nSPS) is 10.2. The molecular formula is C10H11N. The molecule has 0 fully saturated rings. The lowest BCUT2D eigenvalue weighted by Crippen LogP contribution is -1.79. The topological polar surface area (TPSA) is 12.4 Å². The minimum Gasteiger partial charge on any atom is -0.288 e. The Hall–Kier alpha value is -1.37. The molecule has 0 spiro atoms. The van der Waals surface area contributed by atoms with Gasteiger partial charge in [0.2, 0.25) is 0 Å². The van der Waals surface area contributed by atoms with Crippen LogP contribution in [0, 0.1) is 0 Å². The Balaban J connectivity index is 2.57. The monoisotopic (exact) mass is 145 g/mol. The number of hydrogen-bond donors (Lipinski definition) is 0. The number of rotatable bonds is 3. The predicted octanol–water partition coefficient (Wildman–Crippen LogP) is 2.29. The van der Waals surface area contributed by atoms with Crippen LogP contribution in [0.3, 0.4) is 0 Å². The maximum Gasteiger partial charge on any atom is 0.0567 e. The van der Waals surface area contributed by atoms with Gasteiger partial charge in [0.05, 0.1) is 6.54 Å². The van der Waals surface area contributed by atoms with Gasteiger partial charge in [0.15, 0.2) is 0 Å². The molecule has 0 atom stereocenters. The first-order valence-corrected chi connectivity index (χ1v) is 3.59. The van der Waals surface area contributed by atoms with Gasteiger partial charge in [-0.05, 0) is 5.56 Å². The maximum absolute atomic E-state index is 4.12. The van der Waals surface area contributed by atoms with Crippen molar-refractivity contribution in [2.45, 2.75) is 0 Å². The van der Waals surface area contributed by atoms with Crippen molar-refractivity contribution < 1.29 is 0 Å². The third-order valence-electron chi connectivity index (χ3n) is 1.27. The summed E-state index contributed by atoms with van der Waals surface area (Å²) in [7, 11) is 0. The Morgan fingerprint density at radius 3 is 2.64 bits per heavy atom. The Labute approximate surface area is 67.1 Å². The first-order chi connectivity index (χ1) is 5.43. The molecule has 0 radical (unpaired) electrons. The minimum absolute atomic E-state index is 0.689. The molecule has 0 aliphatic carbocycles. The summed E-state index contributed by atoms with van der Waals surface area (Å²) in [5.41, 5.74) is 1.13. The van der Waals surface area contributed by atoms with Crippen LogP contribution in [-0.2, 0) is 0 Å². The van der Waals surface area contributed by atoms with E-state index in [4.69, 9.17) is 0 Å². The number of hydrogen-bond acceptors (Lipinski definition) is 1. The third kappa shape index (κ3) is 2.80. The smallest absolute Gasteiger partial charge is 0.0567 e. The van der Waals surface area contributed by atoms with Crippen molar-refractivity contribution in [3.8, 4) is 0 Å². The van der Waals surface area contributed by atoms with E-state index in [1.165, 1.54) is 0 Å². The van der Waals surface area contributed by atoms with E-state index in [0.717, 1.165) is 5.56 Å². The van der Waals surface area contributed by atoms with E-state index in [1.54, 1.807) is 6.08 Å². The molecule has 0 amide bonds. The van der Waals surface area contributed by atoms with Gasteiger partial charge in [-0.15, -0.1) is 6.58 Å². The van der Waals surface area contributed by atoms with Gasteiger partial charge < -0.3 is 0 Å². The zero-order valence-electron chi connectivity index (χ0n) is 6.40. The van der Waals surface area contributed by atoms with Crippen molar-refractivity contribution in [1.29, 1.82) is 0 Å². The molecule has 1 aromatic rings. The molecule has 11 heavy (non-hydrogen) atoms. The first-order valence-electron chi connectivity index (χ1n) is 3.59. The van der Waals surface area contributed by atoms with E-state index in [9.17, 15) is 0 Å². The number of aliphatic imine (C=N–C) groups is 1. The van der Waals surface area contributed by atoms with Crippen molar-refractivity contribution in [3.63, 3.8) is 0 Å². The average molecular weight is 145 g/mol. The SMILES string of the molecule is C=CCN=Cc1ccccc1. The van der Waals surface area contributed by atoms with Crippen molar-refractivity contribution in [2.24, 2.45) is 4.99 Å². The summed E-state index contributed by atoms with van der Waals surface area (Å²) in [5.74, 6) is 0. The predicted molar refractivity (Wildman–Crippen MR) is 49.1 cm³/mol. The Kier molecular flexibility index (Phi) is 3.13. The summed E-state index contributed by atoms with van der Waals surface area (Å²) >= 11 is 0. The lowest BCUT2D eigenvalue weighted by atomic mass is 10.2. The lowest BCUT2D eigenvalue weighted by Gasteiger charge is -1.88. The van der Waals surface area contributed by atoms with Crippen LogP contribution in [0.1, 0.15) is 5.56 Å². The summed E-state index contributed by atoms with van der Waals surface area (Å²) in [6.45, 7) is 4.27. The Morgan fingerprint density at radius 2 is 2.00 bits per heavy atom. The van der Waals surface area contributed by atoms with E-state index in [2.05, 4.69) is 11.6 Å². The average Bonchev–Trinajstić information content (AvgIpc) is 2.07. The molecular weight excluding hydrogens is 134 g/mol. The Bertz CT molecular complexity index is 236. The second-order valence-corrected chi connectivity index (χ2v) is 2.19. The zero-order chi connectivity index (χ0) is 7.94. The van der Waals surface area contributed by atoms with Gasteiger partial charge in [-0.1, -0.05) is 36.4 Å². The van der Waals surface area contributed by atoms with E-state index in [0.29, 0.717) is 6.54 Å². The van der Waals surface area contributed by atoms with Crippen LogP contribution in [0.5, 0.6) is 0 Å². The fraction of sp³-hybridized carbons (Fsp3) is 0.100. The number of benzene rings is 1. The second-order valence-electron chi connectivity index (χ2n) is 2.19. The minimum atomic E-state index is 0.689. The molecule has 0 saturated carbocycles. The van der Waals surface area contributed by atoms with Gasteiger partial charge in [-0.25, -0.2) is 0 Å². The molecule has 0 saturated heterocycles. The highest BCUT2D eigenvalue weighted by Crippen LogP contribution is 1.93. The third-order valence-corrected chi connectivity index (χ3v) is 1.27. The van der Waals surface area contributed by atoms with Gasteiger partial charge in [-0.2, -0.15) is 0 Å². The van der Waals surface area contributed by atoms with Crippen molar-refractivity contribution in [1.82, 2.24) is 0 Å². The van der Waals surface area contributed by atoms with Crippen LogP contribution in [-0.4, -0.2) is 12.8 Å². The molecule has 0 aromatic heterocycles. The van der Waals surface area contributed by atoms with Crippen LogP contribution in [0.4, 0.5) is 0 Å². The molecule has 0 N–H and O–H groups in total. The summed E-state index contributed by atoms with van der Waals surface area (Å²) < 4.78 is 0. The zero-order valence-corrected chi connectivity index (χ0v) is 6.40. The maximum atomic E-state index is 4.12. The molecule has 0 unspecified atom stereocenters. The highest BCUT2D eigenvalue weighted by Gasteiger charge is 1.80. The molecule has 0 heterocycles. The molecule has 1 rings (SSSR count). The van der Waals surface area contributed by atoms with E-state index < -0.39 is 0 Å². The van der Waals surface area contributed by atoms with Gasteiger partial charge in [0.25, 0.3) is 0 Å². The molecule has 1 heteroatoms. The van der Waals surface area contributed by atoms with Crippen molar-refractivity contribution in [3.05, 3.63) is 48.6 Å². The summed E-state index contributed by atoms with van der Waals surface area (Å²) in [5, 5.41) is 0. The number of nitrogens with zero attached hydrogens (tertiary/aromatic N) is 1. The first kappa shape index (κ1) is 7.73. The van der Waals surface area contributed by atoms with E-state index in [1.807, 2.05) is 36.5 Å². The summed E-state index contributed by atoms with van der Waals surface area (Å²) in [4.78, 5) is 4.12. The van der Waals surface area contributed by atoms with Gasteiger partial charge in [0.1, 0.15) is 0 Å². The van der Waals surface area contributed by atoms with Crippen LogP contribution < -0.4 is 0 Å². The van der Waals surface area contributed by atoms with Crippen LogP contribution in [0.15, 0.2) is 48.0 Å². The van der Waals surface area contributed by atoms with Gasteiger partial charge >= 0.3 is 0 Å². The van der Waals surface area contributed by atoms with Crippen LogP contribution >= 0.6 is 0 Å². The highest BCUT2D eigenvalue weighted by atomic mass is 14.7. The fourth-order valence-corrected chi connectivity index (χ4v) is 0.772. The van der Waals surface area contributed by atoms with Crippen molar-refractivity contribution >= 4 is 6.21 Å². The fourth-order valence-electron chi connectivity index (χ4n) is 0.772. The standard InChI is InChI=1S/C10H11N/c1-2-8-11-9-10-6-4-3-5-7-10/h2-7,9H,1,8H2. The largest absolute Gasteiger partial charge is 0.288 e. The second kappa shape index (κ2) is 4.45. The quantitative estimate of drug-likeness (QED) is 0.457. The lowest BCUT2D eigenvalue weighted by molar-refractivity contribution is 1.26. The Morgan fingerprint density at radius 1 is 1.27 bits per heavy atom. The molecule has 0 aliphatic heterocycles. The van der Waals surface area contributed by atoms with Gasteiger partial charge in [-0.3, -0.25) is 4.99 Å².